The maximum absolute atomic E-state index is 13.2. The monoisotopic (exact) mass is 520 g/mol. The van der Waals surface area contributed by atoms with Crippen LogP contribution < -0.4 is 11.1 Å². The minimum Gasteiger partial charge on any atom is -0.383 e. The van der Waals surface area contributed by atoms with Gasteiger partial charge in [0.2, 0.25) is 10.0 Å². The van der Waals surface area contributed by atoms with Crippen molar-refractivity contribution in [3.63, 3.8) is 0 Å². The average molecular weight is 521 g/mol. The number of aryl methyl sites for hydroxylation is 1. The van der Waals surface area contributed by atoms with Gasteiger partial charge in [-0.3, -0.25) is 4.79 Å². The maximum atomic E-state index is 13.2. The number of nitrogens with two attached hydrogens (primary N) is 1. The summed E-state index contributed by atoms with van der Waals surface area (Å²) in [5, 5.41) is 3.20. The molecular weight excluding hydrogens is 488 g/mol. The molecule has 1 aliphatic heterocycles. The quantitative estimate of drug-likeness (QED) is 0.472. The van der Waals surface area contributed by atoms with E-state index >= 15 is 0 Å². The van der Waals surface area contributed by atoms with Crippen molar-refractivity contribution in [1.82, 2.24) is 18.8 Å². The third-order valence-corrected chi connectivity index (χ3v) is 9.69. The van der Waals surface area contributed by atoms with Gasteiger partial charge in [0, 0.05) is 37.0 Å². The number of anilines is 2. The number of hydrogen-bond donors (Lipinski definition) is 2. The number of amides is 1. The summed E-state index contributed by atoms with van der Waals surface area (Å²) in [5.74, 6) is 0.159. The van der Waals surface area contributed by atoms with E-state index < -0.39 is 15.3 Å². The van der Waals surface area contributed by atoms with Crippen LogP contribution in [0, 0.1) is 0 Å². The Morgan fingerprint density at radius 3 is 2.49 bits per heavy atom. The Labute approximate surface area is 217 Å². The summed E-state index contributed by atoms with van der Waals surface area (Å²) in [5.41, 5.74) is 12.0. The number of carbonyl (C=O) groups excluding carboxylic acids is 1. The number of carbonyl (C=O) groups is 1. The lowest BCUT2D eigenvalue weighted by molar-refractivity contribution is -0.112. The second-order valence-corrected chi connectivity index (χ2v) is 12.0. The van der Waals surface area contributed by atoms with Crippen LogP contribution in [0.15, 0.2) is 48.8 Å². The highest BCUT2D eigenvalue weighted by atomic mass is 32.2. The van der Waals surface area contributed by atoms with E-state index in [1.54, 1.807) is 11.2 Å². The molecule has 1 atom stereocenters. The zero-order chi connectivity index (χ0) is 26.3. The van der Waals surface area contributed by atoms with E-state index in [1.165, 1.54) is 6.33 Å². The molecule has 1 saturated heterocycles. The first-order chi connectivity index (χ1) is 17.7. The van der Waals surface area contributed by atoms with Crippen LogP contribution in [0.4, 0.5) is 11.5 Å². The number of hydrogen-bond acceptors (Lipinski definition) is 6. The van der Waals surface area contributed by atoms with Gasteiger partial charge in [0.15, 0.2) is 0 Å². The van der Waals surface area contributed by atoms with E-state index in [-0.39, 0.29) is 5.91 Å². The molecule has 1 amide bonds. The Bertz CT molecular complexity index is 1520. The smallest absolute Gasteiger partial charge is 0.250 e. The zero-order valence-electron chi connectivity index (χ0n) is 21.2. The summed E-state index contributed by atoms with van der Waals surface area (Å²) >= 11 is 0. The fourth-order valence-corrected chi connectivity index (χ4v) is 7.28. The van der Waals surface area contributed by atoms with Gasteiger partial charge in [0.1, 0.15) is 17.8 Å². The number of nitrogen functional groups attached to an aromatic ring is 1. The Hall–Kier alpha value is -3.50. The van der Waals surface area contributed by atoms with Gasteiger partial charge in [-0.2, -0.15) is 0 Å². The Kier molecular flexibility index (Phi) is 6.63. The van der Waals surface area contributed by atoms with Crippen LogP contribution in [0.5, 0.6) is 0 Å². The van der Waals surface area contributed by atoms with Crippen molar-refractivity contribution in [3.8, 4) is 11.3 Å². The van der Waals surface area contributed by atoms with Crippen LogP contribution in [-0.4, -0.2) is 51.5 Å². The lowest BCUT2D eigenvalue weighted by Crippen LogP contribution is -2.37. The van der Waals surface area contributed by atoms with E-state index in [1.807, 2.05) is 42.0 Å². The second-order valence-electron chi connectivity index (χ2n) is 9.83. The van der Waals surface area contributed by atoms with Crippen molar-refractivity contribution in [2.45, 2.75) is 44.3 Å². The number of sulfonamides is 1. The SMILES string of the molecule is C=C(C)C(=O)Nc1ccc(-c2c(C3=CC[C@@H](S(=O)(=O)N4CCCC4)CC3)c3c(N)ncnc3n2C)cc1. The highest BCUT2D eigenvalue weighted by molar-refractivity contribution is 7.89. The summed E-state index contributed by atoms with van der Waals surface area (Å²) in [6.07, 6.45) is 7.00. The number of allylic oxidation sites excluding steroid dienone is 2. The first-order valence-corrected chi connectivity index (χ1v) is 14.0. The lowest BCUT2D eigenvalue weighted by Gasteiger charge is -2.27. The second kappa shape index (κ2) is 9.75. The van der Waals surface area contributed by atoms with Crippen molar-refractivity contribution in [2.75, 3.05) is 24.1 Å². The molecule has 0 bridgehead atoms. The first-order valence-electron chi connectivity index (χ1n) is 12.5. The lowest BCUT2D eigenvalue weighted by atomic mass is 9.90. The Balaban J connectivity index is 1.55. The van der Waals surface area contributed by atoms with Crippen molar-refractivity contribution in [3.05, 3.63) is 54.4 Å². The normalized spacial score (nSPS) is 18.6. The highest BCUT2D eigenvalue weighted by Crippen LogP contribution is 2.43. The number of fused-ring (bicyclic) bond motifs is 1. The molecule has 1 fully saturated rings. The molecule has 0 unspecified atom stereocenters. The number of nitrogens with zero attached hydrogens (tertiary/aromatic N) is 4. The molecule has 37 heavy (non-hydrogen) atoms. The van der Waals surface area contributed by atoms with Gasteiger partial charge in [-0.1, -0.05) is 24.8 Å². The fourth-order valence-electron chi connectivity index (χ4n) is 5.34. The number of aromatic nitrogens is 3. The van der Waals surface area contributed by atoms with Crippen LogP contribution in [0.1, 0.15) is 44.6 Å². The van der Waals surface area contributed by atoms with Gasteiger partial charge in [-0.15, -0.1) is 0 Å². The zero-order valence-corrected chi connectivity index (χ0v) is 22.0. The van der Waals surface area contributed by atoms with E-state index in [9.17, 15) is 13.2 Å². The van der Waals surface area contributed by atoms with Crippen molar-refractivity contribution >= 4 is 44.0 Å². The van der Waals surface area contributed by atoms with Crippen molar-refractivity contribution in [1.29, 1.82) is 0 Å². The standard InChI is InChI=1S/C27H32N6O3S/c1-17(2)27(34)31-20-10-6-19(7-11-20)24-22(23-25(28)29-16-30-26(23)32(24)3)18-8-12-21(13-9-18)37(35,36)33-14-4-5-15-33/h6-8,10-11,16,21H,1,4-5,9,12-15H2,2-3H3,(H,31,34)(H2,28,29,30)/t21-/m1/s1. The molecule has 5 rings (SSSR count). The summed E-state index contributed by atoms with van der Waals surface area (Å²) in [6, 6.07) is 7.58. The molecule has 1 aromatic carbocycles. The highest BCUT2D eigenvalue weighted by Gasteiger charge is 2.35. The summed E-state index contributed by atoms with van der Waals surface area (Å²) in [6.45, 7) is 6.59. The molecule has 10 heteroatoms. The molecule has 0 saturated carbocycles. The summed E-state index contributed by atoms with van der Waals surface area (Å²) < 4.78 is 30.0. The van der Waals surface area contributed by atoms with Crippen LogP contribution >= 0.6 is 0 Å². The molecule has 1 aliphatic carbocycles. The van der Waals surface area contributed by atoms with Gasteiger partial charge in [-0.05, 0) is 62.3 Å². The van der Waals surface area contributed by atoms with Crippen LogP contribution in [0.3, 0.4) is 0 Å². The van der Waals surface area contributed by atoms with Crippen LogP contribution in [-0.2, 0) is 21.9 Å². The predicted octanol–water partition coefficient (Wildman–Crippen LogP) is 4.09. The van der Waals surface area contributed by atoms with E-state index in [4.69, 9.17) is 5.73 Å². The van der Waals surface area contributed by atoms with Crippen LogP contribution in [0.2, 0.25) is 0 Å². The molecule has 9 nitrogen and oxygen atoms in total. The molecule has 3 N–H and O–H groups in total. The number of rotatable bonds is 6. The van der Waals surface area contributed by atoms with Gasteiger partial charge in [0.25, 0.3) is 5.91 Å². The molecule has 0 radical (unpaired) electrons. The Morgan fingerprint density at radius 2 is 1.86 bits per heavy atom. The van der Waals surface area contributed by atoms with Gasteiger partial charge in [0.05, 0.1) is 16.3 Å². The van der Waals surface area contributed by atoms with E-state index in [2.05, 4.69) is 21.9 Å². The minimum absolute atomic E-state index is 0.230. The molecule has 3 heterocycles. The summed E-state index contributed by atoms with van der Waals surface area (Å²) in [7, 11) is -1.36. The van der Waals surface area contributed by atoms with Crippen LogP contribution in [0.25, 0.3) is 27.9 Å². The molecule has 194 valence electrons. The van der Waals surface area contributed by atoms with Crippen molar-refractivity contribution in [2.24, 2.45) is 7.05 Å². The molecule has 2 aliphatic rings. The molecule has 3 aromatic rings. The van der Waals surface area contributed by atoms with E-state index in [0.717, 1.165) is 40.6 Å². The minimum atomic E-state index is -3.30. The maximum Gasteiger partial charge on any atom is 0.250 e. The van der Waals surface area contributed by atoms with Gasteiger partial charge >= 0.3 is 0 Å². The molecule has 2 aromatic heterocycles. The number of benzene rings is 1. The van der Waals surface area contributed by atoms with Gasteiger partial charge < -0.3 is 15.6 Å². The average Bonchev–Trinajstić information content (AvgIpc) is 3.53. The number of nitrogens with one attached hydrogen (secondary N) is 1. The largest absolute Gasteiger partial charge is 0.383 e. The summed E-state index contributed by atoms with van der Waals surface area (Å²) in [4.78, 5) is 20.8. The fraction of sp³-hybridized carbons (Fsp3) is 0.370. The first kappa shape index (κ1) is 25.2. The third-order valence-electron chi connectivity index (χ3n) is 7.33. The van der Waals surface area contributed by atoms with Gasteiger partial charge in [-0.25, -0.2) is 22.7 Å². The molecular formula is C27H32N6O3S. The Morgan fingerprint density at radius 1 is 1.16 bits per heavy atom. The molecule has 0 spiro atoms. The predicted molar refractivity (Wildman–Crippen MR) is 147 cm³/mol. The van der Waals surface area contributed by atoms with Crippen molar-refractivity contribution < 1.29 is 13.2 Å². The third kappa shape index (κ3) is 4.55. The topological polar surface area (TPSA) is 123 Å². The van der Waals surface area contributed by atoms with E-state index in [0.29, 0.717) is 55.1 Å².